The van der Waals surface area contributed by atoms with Gasteiger partial charge in [0.1, 0.15) is 4.90 Å². The Labute approximate surface area is 212 Å². The van der Waals surface area contributed by atoms with Gasteiger partial charge in [0.15, 0.2) is 0 Å². The summed E-state index contributed by atoms with van der Waals surface area (Å²) in [5.74, 6) is -0.0437. The Balaban J connectivity index is 1.23. The lowest BCUT2D eigenvalue weighted by Gasteiger charge is -2.36. The molecule has 1 saturated heterocycles. The number of hydrogen-bond donors (Lipinski definition) is 1. The van der Waals surface area contributed by atoms with Crippen LogP contribution in [0.25, 0.3) is 0 Å². The van der Waals surface area contributed by atoms with Crippen molar-refractivity contribution in [3.8, 4) is 0 Å². The number of aliphatic imine (C=N–C) groups is 1. The maximum absolute atomic E-state index is 13.1. The number of nitrogens with zero attached hydrogens (tertiary/aromatic N) is 3. The quantitative estimate of drug-likeness (QED) is 0.532. The molecule has 2 aliphatic rings. The Kier molecular flexibility index (Phi) is 6.78. The number of fused-ring (bicyclic) bond motifs is 1. The Bertz CT molecular complexity index is 1390. The topological polar surface area (TPSA) is 82.1 Å². The second-order valence-electron chi connectivity index (χ2n) is 9.10. The lowest BCUT2D eigenvalue weighted by atomic mass is 10.1. The van der Waals surface area contributed by atoms with Crippen LogP contribution in [0.15, 0.2) is 76.6 Å². The maximum Gasteiger partial charge on any atom is 0.264 e. The van der Waals surface area contributed by atoms with Crippen LogP contribution in [0.3, 0.4) is 0 Å². The first-order valence-electron chi connectivity index (χ1n) is 12.3. The molecule has 0 unspecified atom stereocenters. The largest absolute Gasteiger partial charge is 0.368 e. The van der Waals surface area contributed by atoms with Gasteiger partial charge in [-0.3, -0.25) is 14.5 Å². The molecule has 0 atom stereocenters. The molecule has 1 N–H and O–H groups in total. The average molecular weight is 503 g/mol. The third-order valence-electron chi connectivity index (χ3n) is 6.77. The highest BCUT2D eigenvalue weighted by Gasteiger charge is 2.24. The summed E-state index contributed by atoms with van der Waals surface area (Å²) in [5.41, 5.74) is 4.89. The third kappa shape index (κ3) is 4.99. The van der Waals surface area contributed by atoms with Crippen molar-refractivity contribution < 1.29 is 13.2 Å². The lowest BCUT2D eigenvalue weighted by Crippen LogP contribution is -2.48. The summed E-state index contributed by atoms with van der Waals surface area (Å²) >= 11 is 0. The first-order chi connectivity index (χ1) is 17.4. The van der Waals surface area contributed by atoms with Gasteiger partial charge in [-0.1, -0.05) is 31.2 Å². The van der Waals surface area contributed by atoms with Gasteiger partial charge in [0.05, 0.1) is 5.69 Å². The molecule has 36 heavy (non-hydrogen) atoms. The molecule has 0 aliphatic carbocycles. The fraction of sp³-hybridized carbons (Fsp3) is 0.286. The van der Waals surface area contributed by atoms with E-state index < -0.39 is 10.0 Å². The zero-order valence-corrected chi connectivity index (χ0v) is 21.2. The minimum atomic E-state index is -3.81. The van der Waals surface area contributed by atoms with Gasteiger partial charge in [0, 0.05) is 49.3 Å². The van der Waals surface area contributed by atoms with E-state index in [1.54, 1.807) is 42.6 Å². The van der Waals surface area contributed by atoms with Crippen LogP contribution >= 0.6 is 0 Å². The number of aryl methyl sites for hydroxylation is 2. The number of amides is 1. The van der Waals surface area contributed by atoms with Crippen molar-refractivity contribution in [1.29, 1.82) is 0 Å². The number of para-hydroxylation sites is 1. The Morgan fingerprint density at radius 3 is 2.47 bits per heavy atom. The molecule has 0 bridgehead atoms. The second kappa shape index (κ2) is 10.1. The Morgan fingerprint density at radius 1 is 0.972 bits per heavy atom. The molecular formula is C28H30N4O3S. The summed E-state index contributed by atoms with van der Waals surface area (Å²) in [6, 6.07) is 20.4. The summed E-state index contributed by atoms with van der Waals surface area (Å²) < 4.78 is 28.8. The fourth-order valence-electron chi connectivity index (χ4n) is 4.72. The molecule has 0 radical (unpaired) electrons. The van der Waals surface area contributed by atoms with Crippen LogP contribution in [0.2, 0.25) is 0 Å². The van der Waals surface area contributed by atoms with Crippen molar-refractivity contribution in [3.63, 3.8) is 0 Å². The molecule has 1 amide bonds. The predicted octanol–water partition coefficient (Wildman–Crippen LogP) is 4.66. The molecule has 5 rings (SSSR count). The number of carbonyl (C=O) groups excluding carboxylic acids is 1. The van der Waals surface area contributed by atoms with Crippen molar-refractivity contribution in [2.75, 3.05) is 35.8 Å². The molecule has 0 aromatic heterocycles. The smallest absolute Gasteiger partial charge is 0.264 e. The Morgan fingerprint density at radius 2 is 1.72 bits per heavy atom. The second-order valence-corrected chi connectivity index (χ2v) is 10.8. The molecule has 2 aliphatic heterocycles. The molecule has 1 fully saturated rings. The number of piperazine rings is 1. The minimum Gasteiger partial charge on any atom is -0.368 e. The fourth-order valence-corrected chi connectivity index (χ4v) is 5.98. The van der Waals surface area contributed by atoms with Crippen molar-refractivity contribution in [1.82, 2.24) is 4.90 Å². The first kappa shape index (κ1) is 24.1. The molecule has 8 heteroatoms. The standard InChI is InChI=1S/C28H30N4O3S/c1-2-21-6-3-9-25(20-21)31-16-18-32(19-17-31)28(33)23-11-13-24(14-12-23)30-36(34,35)26-10-4-7-22-8-5-15-29-27(22)26/h3-4,6-7,9-15,20,30H,2,5,8,16-19H2,1H3. The van der Waals surface area contributed by atoms with E-state index >= 15 is 0 Å². The van der Waals surface area contributed by atoms with E-state index in [0.29, 0.717) is 30.0 Å². The normalized spacial score (nSPS) is 15.5. The van der Waals surface area contributed by atoms with Crippen LogP contribution in [0, 0.1) is 0 Å². The number of rotatable bonds is 6. The van der Waals surface area contributed by atoms with Gasteiger partial charge in [-0.25, -0.2) is 8.42 Å². The summed E-state index contributed by atoms with van der Waals surface area (Å²) in [4.78, 5) is 21.7. The highest BCUT2D eigenvalue weighted by molar-refractivity contribution is 7.92. The monoisotopic (exact) mass is 502 g/mol. The van der Waals surface area contributed by atoms with Gasteiger partial charge in [-0.15, -0.1) is 0 Å². The van der Waals surface area contributed by atoms with Crippen molar-refractivity contribution in [2.24, 2.45) is 4.99 Å². The van der Waals surface area contributed by atoms with Gasteiger partial charge < -0.3 is 9.80 Å². The molecule has 2 heterocycles. The van der Waals surface area contributed by atoms with Crippen molar-refractivity contribution in [2.45, 2.75) is 31.1 Å². The molecule has 186 valence electrons. The van der Waals surface area contributed by atoms with Crippen LogP contribution in [0.1, 0.15) is 34.8 Å². The minimum absolute atomic E-state index is 0.0437. The number of anilines is 2. The van der Waals surface area contributed by atoms with E-state index in [9.17, 15) is 13.2 Å². The molecule has 0 saturated carbocycles. The molecule has 0 spiro atoms. The van der Waals surface area contributed by atoms with Gasteiger partial charge >= 0.3 is 0 Å². The van der Waals surface area contributed by atoms with E-state index in [-0.39, 0.29) is 10.8 Å². The van der Waals surface area contributed by atoms with Gasteiger partial charge in [-0.05, 0) is 72.9 Å². The molecule has 3 aromatic rings. The van der Waals surface area contributed by atoms with E-state index in [1.165, 1.54) is 11.3 Å². The van der Waals surface area contributed by atoms with Gasteiger partial charge in [0.25, 0.3) is 15.9 Å². The first-order valence-corrected chi connectivity index (χ1v) is 13.8. The molecule has 3 aromatic carbocycles. The summed E-state index contributed by atoms with van der Waals surface area (Å²) in [6.07, 6.45) is 4.34. The summed E-state index contributed by atoms with van der Waals surface area (Å²) in [7, 11) is -3.81. The number of sulfonamides is 1. The molecule has 7 nitrogen and oxygen atoms in total. The van der Waals surface area contributed by atoms with Crippen molar-refractivity contribution in [3.05, 3.63) is 83.4 Å². The summed E-state index contributed by atoms with van der Waals surface area (Å²) in [5, 5.41) is 0. The zero-order chi connectivity index (χ0) is 25.1. The van der Waals surface area contributed by atoms with Crippen LogP contribution < -0.4 is 9.62 Å². The number of benzene rings is 3. The number of carbonyl (C=O) groups is 1. The van der Waals surface area contributed by atoms with E-state index in [4.69, 9.17) is 0 Å². The number of hydrogen-bond acceptors (Lipinski definition) is 5. The lowest BCUT2D eigenvalue weighted by molar-refractivity contribution is 0.0747. The van der Waals surface area contributed by atoms with Gasteiger partial charge in [-0.2, -0.15) is 0 Å². The third-order valence-corrected chi connectivity index (χ3v) is 8.18. The van der Waals surface area contributed by atoms with E-state index in [2.05, 4.69) is 45.8 Å². The van der Waals surface area contributed by atoms with E-state index in [0.717, 1.165) is 37.9 Å². The summed E-state index contributed by atoms with van der Waals surface area (Å²) in [6.45, 7) is 4.99. The number of nitrogens with one attached hydrogen (secondary N) is 1. The SMILES string of the molecule is CCc1cccc(N2CCN(C(=O)c3ccc(NS(=O)(=O)c4cccc5c4N=CCC5)cc3)CC2)c1. The van der Waals surface area contributed by atoms with Crippen LogP contribution in [0.5, 0.6) is 0 Å². The van der Waals surface area contributed by atoms with Crippen LogP contribution in [-0.4, -0.2) is 51.6 Å². The zero-order valence-electron chi connectivity index (χ0n) is 20.4. The highest BCUT2D eigenvalue weighted by atomic mass is 32.2. The van der Waals surface area contributed by atoms with Crippen LogP contribution in [-0.2, 0) is 22.9 Å². The molecular weight excluding hydrogens is 472 g/mol. The highest BCUT2D eigenvalue weighted by Crippen LogP contribution is 2.32. The van der Waals surface area contributed by atoms with Crippen LogP contribution in [0.4, 0.5) is 17.1 Å². The average Bonchev–Trinajstić information content (AvgIpc) is 2.92. The van der Waals surface area contributed by atoms with Crippen molar-refractivity contribution >= 4 is 39.2 Å². The Hall–Kier alpha value is -3.65. The predicted molar refractivity (Wildman–Crippen MR) is 144 cm³/mol. The van der Waals surface area contributed by atoms with Gasteiger partial charge in [0.2, 0.25) is 0 Å². The maximum atomic E-state index is 13.1. The van der Waals surface area contributed by atoms with E-state index in [1.807, 2.05) is 11.0 Å².